The number of amides is 1. The van der Waals surface area contributed by atoms with Crippen LogP contribution in [0.4, 0.5) is 0 Å². The van der Waals surface area contributed by atoms with Crippen molar-refractivity contribution in [2.45, 2.75) is 12.1 Å². The largest absolute Gasteiger partial charge is 0.389 e. The topological polar surface area (TPSA) is 66.6 Å². The zero-order chi connectivity index (χ0) is 10.8. The summed E-state index contributed by atoms with van der Waals surface area (Å²) in [6.45, 7) is 0.804. The van der Waals surface area contributed by atoms with E-state index in [4.69, 9.17) is 10.8 Å². The predicted molar refractivity (Wildman–Crippen MR) is 56.0 cm³/mol. The Morgan fingerprint density at radius 3 is 2.53 bits per heavy atom. The van der Waals surface area contributed by atoms with Crippen molar-refractivity contribution in [3.05, 3.63) is 35.9 Å². The third-order valence-electron chi connectivity index (χ3n) is 2.60. The number of nitrogens with two attached hydrogens (primary N) is 1. The third-order valence-corrected chi connectivity index (χ3v) is 2.60. The first-order valence-corrected chi connectivity index (χ1v) is 4.96. The zero-order valence-corrected chi connectivity index (χ0v) is 8.34. The van der Waals surface area contributed by atoms with Gasteiger partial charge in [-0.3, -0.25) is 4.79 Å². The molecule has 4 nitrogen and oxygen atoms in total. The molecule has 1 aromatic carbocycles. The highest BCUT2D eigenvalue weighted by Crippen LogP contribution is 2.17. The number of carbonyl (C=O) groups excluding carboxylic acids is 1. The lowest BCUT2D eigenvalue weighted by Gasteiger charge is -2.37. The Morgan fingerprint density at radius 2 is 2.00 bits per heavy atom. The number of aliphatic hydroxyl groups excluding tert-OH is 1. The van der Waals surface area contributed by atoms with Crippen LogP contribution in [-0.2, 0) is 4.79 Å². The van der Waals surface area contributed by atoms with Gasteiger partial charge in [0.15, 0.2) is 0 Å². The molecule has 2 rings (SSSR count). The van der Waals surface area contributed by atoms with Gasteiger partial charge in [0.25, 0.3) is 0 Å². The number of likely N-dealkylation sites (tertiary alicyclic amines) is 1. The molecule has 1 heterocycles. The molecule has 1 aliphatic rings. The summed E-state index contributed by atoms with van der Waals surface area (Å²) < 4.78 is 0. The SMILES string of the molecule is N[C@H](C(=O)N1CC(O)C1)c1ccccc1. The van der Waals surface area contributed by atoms with Crippen LogP contribution >= 0.6 is 0 Å². The van der Waals surface area contributed by atoms with Gasteiger partial charge in [0.2, 0.25) is 5.91 Å². The molecule has 0 bridgehead atoms. The minimum absolute atomic E-state index is 0.119. The Labute approximate surface area is 88.3 Å². The van der Waals surface area contributed by atoms with Gasteiger partial charge in [0.05, 0.1) is 6.10 Å². The number of carbonyl (C=O) groups is 1. The second-order valence-corrected chi connectivity index (χ2v) is 3.79. The van der Waals surface area contributed by atoms with Gasteiger partial charge in [-0.05, 0) is 5.56 Å². The monoisotopic (exact) mass is 206 g/mol. The second-order valence-electron chi connectivity index (χ2n) is 3.79. The van der Waals surface area contributed by atoms with Gasteiger partial charge in [-0.25, -0.2) is 0 Å². The fourth-order valence-electron chi connectivity index (χ4n) is 1.63. The summed E-state index contributed by atoms with van der Waals surface area (Å²) in [6.07, 6.45) is -0.378. The summed E-state index contributed by atoms with van der Waals surface area (Å²) in [5.41, 5.74) is 6.63. The average Bonchev–Trinajstić information content (AvgIpc) is 2.24. The van der Waals surface area contributed by atoms with Crippen molar-refractivity contribution in [2.75, 3.05) is 13.1 Å². The van der Waals surface area contributed by atoms with E-state index >= 15 is 0 Å². The van der Waals surface area contributed by atoms with E-state index in [1.165, 1.54) is 0 Å². The minimum Gasteiger partial charge on any atom is -0.389 e. The summed E-state index contributed by atoms with van der Waals surface area (Å²) in [7, 11) is 0. The van der Waals surface area contributed by atoms with E-state index in [9.17, 15) is 4.79 Å². The molecule has 0 aromatic heterocycles. The summed E-state index contributed by atoms with van der Waals surface area (Å²) in [5, 5.41) is 9.08. The minimum atomic E-state index is -0.612. The first-order chi connectivity index (χ1) is 7.18. The van der Waals surface area contributed by atoms with Crippen LogP contribution in [0.2, 0.25) is 0 Å². The summed E-state index contributed by atoms with van der Waals surface area (Å²) >= 11 is 0. The number of aliphatic hydroxyl groups is 1. The fourth-order valence-corrected chi connectivity index (χ4v) is 1.63. The molecule has 1 fully saturated rings. The van der Waals surface area contributed by atoms with E-state index in [-0.39, 0.29) is 12.0 Å². The van der Waals surface area contributed by atoms with Crippen LogP contribution in [0, 0.1) is 0 Å². The molecule has 0 spiro atoms. The summed E-state index contributed by atoms with van der Waals surface area (Å²) in [4.78, 5) is 13.3. The number of benzene rings is 1. The second kappa shape index (κ2) is 4.00. The lowest BCUT2D eigenvalue weighted by atomic mass is 10.0. The lowest BCUT2D eigenvalue weighted by Crippen LogP contribution is -2.55. The zero-order valence-electron chi connectivity index (χ0n) is 8.34. The molecule has 1 saturated heterocycles. The lowest BCUT2D eigenvalue weighted by molar-refractivity contribution is -0.142. The number of hydrogen-bond donors (Lipinski definition) is 2. The molecule has 1 atom stereocenters. The molecule has 4 heteroatoms. The molecule has 1 aliphatic heterocycles. The van der Waals surface area contributed by atoms with Gasteiger partial charge in [0, 0.05) is 13.1 Å². The number of nitrogens with zero attached hydrogens (tertiary/aromatic N) is 1. The molecule has 0 saturated carbocycles. The van der Waals surface area contributed by atoms with E-state index in [2.05, 4.69) is 0 Å². The van der Waals surface area contributed by atoms with Crippen molar-refractivity contribution in [3.63, 3.8) is 0 Å². The average molecular weight is 206 g/mol. The molecule has 0 radical (unpaired) electrons. The number of β-amino-alcohol motifs (C(OH)–C–C–N with tert-alkyl or cyclic N) is 1. The van der Waals surface area contributed by atoms with Gasteiger partial charge in [-0.15, -0.1) is 0 Å². The molecule has 1 aromatic rings. The highest BCUT2D eigenvalue weighted by atomic mass is 16.3. The predicted octanol–water partition coefficient (Wildman–Crippen LogP) is -0.111. The molecular weight excluding hydrogens is 192 g/mol. The molecule has 3 N–H and O–H groups in total. The van der Waals surface area contributed by atoms with Crippen LogP contribution in [0.15, 0.2) is 30.3 Å². The van der Waals surface area contributed by atoms with Crippen LogP contribution in [0.5, 0.6) is 0 Å². The Bertz CT molecular complexity index is 347. The van der Waals surface area contributed by atoms with E-state index in [1.54, 1.807) is 4.90 Å². The van der Waals surface area contributed by atoms with E-state index < -0.39 is 6.04 Å². The van der Waals surface area contributed by atoms with Crippen LogP contribution in [0.1, 0.15) is 11.6 Å². The van der Waals surface area contributed by atoms with Gasteiger partial charge in [0.1, 0.15) is 6.04 Å². The Kier molecular flexibility index (Phi) is 2.70. The standard InChI is InChI=1S/C11H14N2O2/c12-10(8-4-2-1-3-5-8)11(15)13-6-9(14)7-13/h1-5,9-10,14H,6-7,12H2/t10-/m0/s1. The first kappa shape index (κ1) is 10.1. The van der Waals surface area contributed by atoms with Crippen LogP contribution in [-0.4, -0.2) is 35.1 Å². The molecule has 0 unspecified atom stereocenters. The summed E-state index contributed by atoms with van der Waals surface area (Å²) in [5.74, 6) is -0.119. The van der Waals surface area contributed by atoms with Gasteiger partial charge in [-0.1, -0.05) is 30.3 Å². The van der Waals surface area contributed by atoms with Crippen LogP contribution in [0.25, 0.3) is 0 Å². The van der Waals surface area contributed by atoms with Crippen molar-refractivity contribution in [2.24, 2.45) is 5.73 Å². The molecule has 0 aliphatic carbocycles. The molecule has 1 amide bonds. The summed E-state index contributed by atoms with van der Waals surface area (Å²) in [6, 6.07) is 8.64. The number of rotatable bonds is 2. The van der Waals surface area contributed by atoms with Crippen molar-refractivity contribution < 1.29 is 9.90 Å². The Morgan fingerprint density at radius 1 is 1.40 bits per heavy atom. The van der Waals surface area contributed by atoms with Crippen molar-refractivity contribution in [1.82, 2.24) is 4.90 Å². The van der Waals surface area contributed by atoms with Gasteiger partial charge < -0.3 is 15.7 Å². The van der Waals surface area contributed by atoms with E-state index in [0.29, 0.717) is 13.1 Å². The van der Waals surface area contributed by atoms with Gasteiger partial charge >= 0.3 is 0 Å². The normalized spacial score (nSPS) is 18.4. The highest BCUT2D eigenvalue weighted by Gasteiger charge is 2.32. The molecule has 80 valence electrons. The van der Waals surface area contributed by atoms with Crippen molar-refractivity contribution in [1.29, 1.82) is 0 Å². The van der Waals surface area contributed by atoms with Gasteiger partial charge in [-0.2, -0.15) is 0 Å². The maximum atomic E-state index is 11.8. The fraction of sp³-hybridized carbons (Fsp3) is 0.364. The quantitative estimate of drug-likeness (QED) is 0.709. The van der Waals surface area contributed by atoms with Crippen molar-refractivity contribution >= 4 is 5.91 Å². The maximum absolute atomic E-state index is 11.8. The number of hydrogen-bond acceptors (Lipinski definition) is 3. The van der Waals surface area contributed by atoms with E-state index in [1.807, 2.05) is 30.3 Å². The smallest absolute Gasteiger partial charge is 0.244 e. The highest BCUT2D eigenvalue weighted by molar-refractivity contribution is 5.83. The molecular formula is C11H14N2O2. The third kappa shape index (κ3) is 2.00. The maximum Gasteiger partial charge on any atom is 0.244 e. The first-order valence-electron chi connectivity index (χ1n) is 4.96. The van der Waals surface area contributed by atoms with E-state index in [0.717, 1.165) is 5.56 Å². The van der Waals surface area contributed by atoms with Crippen LogP contribution in [0.3, 0.4) is 0 Å². The van der Waals surface area contributed by atoms with Crippen molar-refractivity contribution in [3.8, 4) is 0 Å². The Hall–Kier alpha value is -1.39. The van der Waals surface area contributed by atoms with Crippen LogP contribution < -0.4 is 5.73 Å². The molecule has 15 heavy (non-hydrogen) atoms. The Balaban J connectivity index is 2.02.